The molecule has 27 heavy (non-hydrogen) atoms. The first kappa shape index (κ1) is 17.8. The quantitative estimate of drug-likeness (QED) is 0.821. The van der Waals surface area contributed by atoms with Gasteiger partial charge in [0.2, 0.25) is 0 Å². The molecule has 1 saturated heterocycles. The number of imide groups is 1. The van der Waals surface area contributed by atoms with Crippen molar-refractivity contribution in [3.05, 3.63) is 36.7 Å². The number of aromatic nitrogens is 1. The number of fused-ring (bicyclic) bond motifs is 1. The number of hydrogen-bond acceptors (Lipinski definition) is 4. The molecule has 3 amide bonds. The molecule has 1 aliphatic carbocycles. The van der Waals surface area contributed by atoms with E-state index in [0.29, 0.717) is 18.1 Å². The van der Waals surface area contributed by atoms with Gasteiger partial charge in [0.1, 0.15) is 12.4 Å². The minimum Gasteiger partial charge on any atom is -0.488 e. The summed E-state index contributed by atoms with van der Waals surface area (Å²) >= 11 is 0. The van der Waals surface area contributed by atoms with Gasteiger partial charge in [-0.1, -0.05) is 56.4 Å². The average Bonchev–Trinajstić information content (AvgIpc) is 2.91. The van der Waals surface area contributed by atoms with Crippen molar-refractivity contribution in [3.63, 3.8) is 0 Å². The van der Waals surface area contributed by atoms with Gasteiger partial charge in [-0.25, -0.2) is 4.79 Å². The molecule has 1 saturated carbocycles. The first-order chi connectivity index (χ1) is 13.1. The lowest BCUT2D eigenvalue weighted by atomic mass is 9.79. The third-order valence-electron chi connectivity index (χ3n) is 5.83. The van der Waals surface area contributed by atoms with E-state index in [1.807, 2.05) is 24.3 Å². The zero-order chi connectivity index (χ0) is 18.9. The second kappa shape index (κ2) is 7.18. The summed E-state index contributed by atoms with van der Waals surface area (Å²) in [6.07, 6.45) is 9.91. The van der Waals surface area contributed by atoms with Gasteiger partial charge in [-0.2, -0.15) is 0 Å². The van der Waals surface area contributed by atoms with Crippen molar-refractivity contribution in [1.29, 1.82) is 0 Å². The summed E-state index contributed by atoms with van der Waals surface area (Å²) in [6, 6.07) is 7.50. The van der Waals surface area contributed by atoms with Crippen LogP contribution in [0.4, 0.5) is 4.79 Å². The van der Waals surface area contributed by atoms with E-state index in [4.69, 9.17) is 4.74 Å². The standard InChI is InChI=1S/C21H25N3O3/c1-24-19(25)21(23-20(24)26,11-15-7-3-2-4-8-15)14-27-18-13-22-12-16-9-5-6-10-17(16)18/h5-6,9-10,12-13,15H,2-4,7-8,11,14H2,1H3,(H,23,26)/t21-/m0/s1. The largest absolute Gasteiger partial charge is 0.488 e. The van der Waals surface area contributed by atoms with Gasteiger partial charge in [0.25, 0.3) is 5.91 Å². The van der Waals surface area contributed by atoms with Gasteiger partial charge >= 0.3 is 6.03 Å². The van der Waals surface area contributed by atoms with Crippen LogP contribution in [0.1, 0.15) is 38.5 Å². The molecule has 6 heteroatoms. The molecule has 1 atom stereocenters. The Kier molecular flexibility index (Phi) is 4.72. The zero-order valence-electron chi connectivity index (χ0n) is 15.6. The van der Waals surface area contributed by atoms with E-state index in [2.05, 4.69) is 10.3 Å². The summed E-state index contributed by atoms with van der Waals surface area (Å²) in [5.41, 5.74) is -0.995. The van der Waals surface area contributed by atoms with Crippen LogP contribution in [0, 0.1) is 5.92 Å². The molecule has 1 aromatic carbocycles. The number of nitrogens with zero attached hydrogens (tertiary/aromatic N) is 2. The van der Waals surface area contributed by atoms with Gasteiger partial charge in [-0.15, -0.1) is 0 Å². The Bertz CT molecular complexity index is 857. The number of hydrogen-bond donors (Lipinski definition) is 1. The molecule has 4 rings (SSSR count). The van der Waals surface area contributed by atoms with Crippen LogP contribution in [0.15, 0.2) is 36.7 Å². The third kappa shape index (κ3) is 3.36. The van der Waals surface area contributed by atoms with Crippen LogP contribution >= 0.6 is 0 Å². The van der Waals surface area contributed by atoms with Gasteiger partial charge in [0.15, 0.2) is 5.54 Å². The van der Waals surface area contributed by atoms with E-state index in [-0.39, 0.29) is 18.5 Å². The number of carbonyl (C=O) groups is 2. The summed E-state index contributed by atoms with van der Waals surface area (Å²) in [6.45, 7) is 0.119. The smallest absolute Gasteiger partial charge is 0.324 e. The van der Waals surface area contributed by atoms with Crippen LogP contribution in [0.2, 0.25) is 0 Å². The second-order valence-corrected chi connectivity index (χ2v) is 7.73. The number of urea groups is 1. The first-order valence-corrected chi connectivity index (χ1v) is 9.65. The van der Waals surface area contributed by atoms with Gasteiger partial charge in [-0.3, -0.25) is 14.7 Å². The molecule has 1 aliphatic heterocycles. The number of pyridine rings is 1. The van der Waals surface area contributed by atoms with Crippen molar-refractivity contribution < 1.29 is 14.3 Å². The Hall–Kier alpha value is -2.63. The highest BCUT2D eigenvalue weighted by molar-refractivity contribution is 6.07. The predicted molar refractivity (Wildman–Crippen MR) is 102 cm³/mol. The van der Waals surface area contributed by atoms with Gasteiger partial charge in [-0.05, 0) is 12.3 Å². The summed E-state index contributed by atoms with van der Waals surface area (Å²) < 4.78 is 6.09. The zero-order valence-corrected chi connectivity index (χ0v) is 15.6. The predicted octanol–water partition coefficient (Wildman–Crippen LogP) is 3.50. The Labute approximate surface area is 158 Å². The number of nitrogens with one attached hydrogen (secondary N) is 1. The highest BCUT2D eigenvalue weighted by atomic mass is 16.5. The molecule has 2 fully saturated rings. The monoisotopic (exact) mass is 367 g/mol. The number of rotatable bonds is 5. The normalized spacial score (nSPS) is 23.7. The molecule has 0 spiro atoms. The van der Waals surface area contributed by atoms with Crippen molar-refractivity contribution in [2.75, 3.05) is 13.7 Å². The molecule has 0 bridgehead atoms. The van der Waals surface area contributed by atoms with Crippen LogP contribution in [-0.2, 0) is 4.79 Å². The Morgan fingerprint density at radius 3 is 2.70 bits per heavy atom. The average molecular weight is 367 g/mol. The third-order valence-corrected chi connectivity index (χ3v) is 5.83. The van der Waals surface area contributed by atoms with E-state index < -0.39 is 5.54 Å². The molecular weight excluding hydrogens is 342 g/mol. The minimum atomic E-state index is -0.995. The summed E-state index contributed by atoms with van der Waals surface area (Å²) in [5.74, 6) is 0.864. The van der Waals surface area contributed by atoms with Crippen molar-refractivity contribution in [1.82, 2.24) is 15.2 Å². The van der Waals surface area contributed by atoms with E-state index in [9.17, 15) is 9.59 Å². The molecule has 1 N–H and O–H groups in total. The van der Waals surface area contributed by atoms with E-state index in [0.717, 1.165) is 23.6 Å². The molecule has 0 unspecified atom stereocenters. The number of amides is 3. The maximum Gasteiger partial charge on any atom is 0.324 e. The molecule has 2 aliphatic rings. The summed E-state index contributed by atoms with van der Waals surface area (Å²) in [5, 5.41) is 4.86. The van der Waals surface area contributed by atoms with Crippen molar-refractivity contribution >= 4 is 22.7 Å². The number of likely N-dealkylation sites (N-methyl/N-ethyl adjacent to an activating group) is 1. The molecular formula is C21H25N3O3. The molecule has 142 valence electrons. The van der Waals surface area contributed by atoms with E-state index >= 15 is 0 Å². The lowest BCUT2D eigenvalue weighted by Gasteiger charge is -2.32. The van der Waals surface area contributed by atoms with Crippen LogP contribution in [0.25, 0.3) is 10.8 Å². The van der Waals surface area contributed by atoms with E-state index in [1.54, 1.807) is 12.4 Å². The van der Waals surface area contributed by atoms with Gasteiger partial charge < -0.3 is 10.1 Å². The second-order valence-electron chi connectivity index (χ2n) is 7.73. The fraction of sp³-hybridized carbons (Fsp3) is 0.476. The molecule has 2 heterocycles. The van der Waals surface area contributed by atoms with Crippen LogP contribution in [-0.4, -0.2) is 41.0 Å². The van der Waals surface area contributed by atoms with Crippen LogP contribution in [0.5, 0.6) is 5.75 Å². The van der Waals surface area contributed by atoms with Crippen LogP contribution in [0.3, 0.4) is 0 Å². The number of benzene rings is 1. The highest BCUT2D eigenvalue weighted by Crippen LogP contribution is 2.34. The van der Waals surface area contributed by atoms with Crippen LogP contribution < -0.4 is 10.1 Å². The van der Waals surface area contributed by atoms with Gasteiger partial charge in [0, 0.05) is 24.0 Å². The fourth-order valence-corrected chi connectivity index (χ4v) is 4.34. The first-order valence-electron chi connectivity index (χ1n) is 9.65. The topological polar surface area (TPSA) is 71.5 Å². The van der Waals surface area contributed by atoms with Crippen molar-refractivity contribution in [2.45, 2.75) is 44.1 Å². The molecule has 6 nitrogen and oxygen atoms in total. The number of carbonyl (C=O) groups excluding carboxylic acids is 2. The maximum atomic E-state index is 12.9. The SMILES string of the molecule is CN1C(=O)N[C@](COc2cncc3ccccc23)(CC2CCCCC2)C1=O. The Balaban J connectivity index is 1.59. The summed E-state index contributed by atoms with van der Waals surface area (Å²) in [7, 11) is 1.53. The lowest BCUT2D eigenvalue weighted by molar-refractivity contribution is -0.132. The van der Waals surface area contributed by atoms with Crippen molar-refractivity contribution in [3.8, 4) is 5.75 Å². The minimum absolute atomic E-state index is 0.119. The Morgan fingerprint density at radius 1 is 1.19 bits per heavy atom. The molecule has 1 aromatic heterocycles. The van der Waals surface area contributed by atoms with Gasteiger partial charge in [0.05, 0.1) is 6.20 Å². The lowest BCUT2D eigenvalue weighted by Crippen LogP contribution is -2.53. The molecule has 0 radical (unpaired) electrons. The van der Waals surface area contributed by atoms with Crippen molar-refractivity contribution in [2.24, 2.45) is 5.92 Å². The summed E-state index contributed by atoms with van der Waals surface area (Å²) in [4.78, 5) is 30.5. The van der Waals surface area contributed by atoms with E-state index in [1.165, 1.54) is 31.2 Å². The Morgan fingerprint density at radius 2 is 1.96 bits per heavy atom. The number of ether oxygens (including phenoxy) is 1. The highest BCUT2D eigenvalue weighted by Gasteiger charge is 2.51. The maximum absolute atomic E-state index is 12.9. The fourth-order valence-electron chi connectivity index (χ4n) is 4.34. The molecule has 2 aromatic rings.